The molecular formula is C17H29N5O2. The Hall–Kier alpha value is -1.44. The highest BCUT2D eigenvalue weighted by molar-refractivity contribution is 5.92. The predicted octanol–water partition coefficient (Wildman–Crippen LogP) is 0.639. The van der Waals surface area contributed by atoms with E-state index in [2.05, 4.69) is 36.5 Å². The summed E-state index contributed by atoms with van der Waals surface area (Å²) < 4.78 is 8.07. The molecule has 1 saturated heterocycles. The van der Waals surface area contributed by atoms with Crippen LogP contribution in [0.4, 0.5) is 0 Å². The van der Waals surface area contributed by atoms with Crippen molar-refractivity contribution in [3.63, 3.8) is 0 Å². The van der Waals surface area contributed by atoms with Crippen LogP contribution in [-0.2, 0) is 17.9 Å². The minimum atomic E-state index is -0.165. The molecule has 134 valence electrons. The summed E-state index contributed by atoms with van der Waals surface area (Å²) in [6.45, 7) is 9.77. The minimum absolute atomic E-state index is 0.0873. The molecule has 0 aromatic carbocycles. The van der Waals surface area contributed by atoms with Gasteiger partial charge in [0.25, 0.3) is 5.91 Å². The van der Waals surface area contributed by atoms with Crippen LogP contribution in [0.3, 0.4) is 0 Å². The molecule has 3 rings (SSSR count). The van der Waals surface area contributed by atoms with Crippen LogP contribution in [-0.4, -0.2) is 47.0 Å². The highest BCUT2D eigenvalue weighted by Gasteiger charge is 2.38. The molecule has 2 aliphatic heterocycles. The maximum Gasteiger partial charge on any atom is 0.272 e. The SMILES string of the molecule is CC(C)(C)C(CN)NC(=O)c1cc2n(n1)CC1(CCNCC1)OC2. The molecule has 4 N–H and O–H groups in total. The molecule has 1 spiro atoms. The fourth-order valence-electron chi connectivity index (χ4n) is 3.41. The van der Waals surface area contributed by atoms with Crippen molar-refractivity contribution in [2.45, 2.75) is 58.4 Å². The number of amides is 1. The van der Waals surface area contributed by atoms with E-state index >= 15 is 0 Å². The zero-order valence-corrected chi connectivity index (χ0v) is 14.9. The van der Waals surface area contributed by atoms with Crippen molar-refractivity contribution in [2.75, 3.05) is 19.6 Å². The predicted molar refractivity (Wildman–Crippen MR) is 91.6 cm³/mol. The van der Waals surface area contributed by atoms with Crippen LogP contribution in [0.5, 0.6) is 0 Å². The van der Waals surface area contributed by atoms with Gasteiger partial charge >= 0.3 is 0 Å². The third-order valence-electron chi connectivity index (χ3n) is 5.16. The average molecular weight is 335 g/mol. The molecule has 1 aromatic heterocycles. The average Bonchev–Trinajstić information content (AvgIpc) is 2.95. The maximum atomic E-state index is 12.6. The summed E-state index contributed by atoms with van der Waals surface area (Å²) in [7, 11) is 0. The highest BCUT2D eigenvalue weighted by atomic mass is 16.5. The normalized spacial score (nSPS) is 21.3. The second-order valence-corrected chi connectivity index (χ2v) is 8.03. The van der Waals surface area contributed by atoms with Crippen LogP contribution in [0.2, 0.25) is 0 Å². The van der Waals surface area contributed by atoms with E-state index in [1.54, 1.807) is 0 Å². The van der Waals surface area contributed by atoms with Crippen molar-refractivity contribution in [2.24, 2.45) is 11.1 Å². The number of fused-ring (bicyclic) bond motifs is 1. The smallest absolute Gasteiger partial charge is 0.272 e. The largest absolute Gasteiger partial charge is 0.367 e. The van der Waals surface area contributed by atoms with Crippen LogP contribution in [0, 0.1) is 5.41 Å². The van der Waals surface area contributed by atoms with E-state index in [1.165, 1.54) is 0 Å². The molecule has 24 heavy (non-hydrogen) atoms. The maximum absolute atomic E-state index is 12.6. The van der Waals surface area contributed by atoms with Gasteiger partial charge in [0.2, 0.25) is 0 Å². The molecule has 7 nitrogen and oxygen atoms in total. The van der Waals surface area contributed by atoms with Crippen LogP contribution >= 0.6 is 0 Å². The standard InChI is InChI=1S/C17H29N5O2/c1-16(2,3)14(9-18)20-15(23)13-8-12-10-24-17(11-22(12)21-13)4-6-19-7-5-17/h8,14,19H,4-7,9-11,18H2,1-3H3,(H,20,23). The molecule has 0 radical (unpaired) electrons. The van der Waals surface area contributed by atoms with Gasteiger partial charge in [-0.1, -0.05) is 20.8 Å². The van der Waals surface area contributed by atoms with Crippen molar-refractivity contribution in [1.29, 1.82) is 0 Å². The first-order valence-corrected chi connectivity index (χ1v) is 8.75. The summed E-state index contributed by atoms with van der Waals surface area (Å²) in [6.07, 6.45) is 1.96. The summed E-state index contributed by atoms with van der Waals surface area (Å²) >= 11 is 0. The number of aromatic nitrogens is 2. The van der Waals surface area contributed by atoms with Crippen molar-refractivity contribution in [3.8, 4) is 0 Å². The molecule has 7 heteroatoms. The van der Waals surface area contributed by atoms with E-state index in [4.69, 9.17) is 10.5 Å². The van der Waals surface area contributed by atoms with Crippen LogP contribution < -0.4 is 16.4 Å². The van der Waals surface area contributed by atoms with Gasteiger partial charge in [0.1, 0.15) is 0 Å². The third-order valence-corrected chi connectivity index (χ3v) is 5.16. The number of carbonyl (C=O) groups excluding carboxylic acids is 1. The van der Waals surface area contributed by atoms with Crippen molar-refractivity contribution < 1.29 is 9.53 Å². The second-order valence-electron chi connectivity index (χ2n) is 8.03. The van der Waals surface area contributed by atoms with Gasteiger partial charge in [-0.2, -0.15) is 5.10 Å². The summed E-state index contributed by atoms with van der Waals surface area (Å²) in [6, 6.07) is 1.75. The van der Waals surface area contributed by atoms with Crippen LogP contribution in [0.1, 0.15) is 49.8 Å². The second kappa shape index (κ2) is 6.46. The Kier molecular flexibility index (Phi) is 4.68. The van der Waals surface area contributed by atoms with E-state index in [1.807, 2.05) is 10.7 Å². The van der Waals surface area contributed by atoms with E-state index in [0.717, 1.165) is 38.2 Å². The number of piperidine rings is 1. The number of rotatable bonds is 3. The minimum Gasteiger partial charge on any atom is -0.367 e. The molecule has 0 bridgehead atoms. The highest BCUT2D eigenvalue weighted by Crippen LogP contribution is 2.31. The Labute approximate surface area is 143 Å². The third kappa shape index (κ3) is 3.48. The Morgan fingerprint density at radius 2 is 2.21 bits per heavy atom. The van der Waals surface area contributed by atoms with E-state index in [9.17, 15) is 4.79 Å². The molecular weight excluding hydrogens is 306 g/mol. The topological polar surface area (TPSA) is 94.2 Å². The monoisotopic (exact) mass is 335 g/mol. The number of carbonyl (C=O) groups is 1. The van der Waals surface area contributed by atoms with E-state index in [-0.39, 0.29) is 23.0 Å². The lowest BCUT2D eigenvalue weighted by Gasteiger charge is -2.40. The molecule has 1 unspecified atom stereocenters. The zero-order valence-electron chi connectivity index (χ0n) is 14.9. The van der Waals surface area contributed by atoms with Gasteiger partial charge in [-0.3, -0.25) is 9.48 Å². The summed E-state index contributed by atoms with van der Waals surface area (Å²) in [5.41, 5.74) is 6.99. The lowest BCUT2D eigenvalue weighted by atomic mass is 9.87. The van der Waals surface area contributed by atoms with Gasteiger partial charge in [0.05, 0.1) is 24.4 Å². The first-order valence-electron chi connectivity index (χ1n) is 8.75. The number of hydrogen-bond acceptors (Lipinski definition) is 5. The number of nitrogens with one attached hydrogen (secondary N) is 2. The summed E-state index contributed by atoms with van der Waals surface area (Å²) in [5, 5.41) is 10.9. The van der Waals surface area contributed by atoms with Gasteiger partial charge in [-0.15, -0.1) is 0 Å². The van der Waals surface area contributed by atoms with Gasteiger partial charge in [-0.25, -0.2) is 0 Å². The molecule has 2 aliphatic rings. The Morgan fingerprint density at radius 3 is 2.83 bits per heavy atom. The number of nitrogens with two attached hydrogens (primary N) is 1. The molecule has 3 heterocycles. The summed E-state index contributed by atoms with van der Waals surface area (Å²) in [5.74, 6) is -0.165. The van der Waals surface area contributed by atoms with Crippen molar-refractivity contribution in [1.82, 2.24) is 20.4 Å². The van der Waals surface area contributed by atoms with E-state index < -0.39 is 0 Å². The molecule has 0 aliphatic carbocycles. The van der Waals surface area contributed by atoms with Crippen molar-refractivity contribution >= 4 is 5.91 Å². The number of ether oxygens (including phenoxy) is 1. The number of nitrogens with zero attached hydrogens (tertiary/aromatic N) is 2. The van der Waals surface area contributed by atoms with Gasteiger partial charge in [0.15, 0.2) is 5.69 Å². The van der Waals surface area contributed by atoms with Crippen molar-refractivity contribution in [3.05, 3.63) is 17.5 Å². The van der Waals surface area contributed by atoms with Gasteiger partial charge in [-0.05, 0) is 37.4 Å². The molecule has 1 atom stereocenters. The fourth-order valence-corrected chi connectivity index (χ4v) is 3.41. The molecule has 0 saturated carbocycles. The lowest BCUT2D eigenvalue weighted by molar-refractivity contribution is -0.109. The Bertz CT molecular complexity index is 599. The van der Waals surface area contributed by atoms with Crippen LogP contribution in [0.25, 0.3) is 0 Å². The van der Waals surface area contributed by atoms with Crippen LogP contribution in [0.15, 0.2) is 6.07 Å². The first kappa shape index (κ1) is 17.4. The zero-order chi connectivity index (χ0) is 17.4. The number of hydrogen-bond donors (Lipinski definition) is 3. The molecule has 1 aromatic rings. The first-order chi connectivity index (χ1) is 11.3. The Balaban J connectivity index is 1.72. The molecule has 1 amide bonds. The fraction of sp³-hybridized carbons (Fsp3) is 0.765. The van der Waals surface area contributed by atoms with E-state index in [0.29, 0.717) is 18.8 Å². The molecule has 1 fully saturated rings. The summed E-state index contributed by atoms with van der Waals surface area (Å²) in [4.78, 5) is 12.6. The Morgan fingerprint density at radius 1 is 1.50 bits per heavy atom. The lowest BCUT2D eigenvalue weighted by Crippen LogP contribution is -2.49. The quantitative estimate of drug-likeness (QED) is 0.753. The van der Waals surface area contributed by atoms with Gasteiger partial charge in [0, 0.05) is 12.6 Å². The van der Waals surface area contributed by atoms with Gasteiger partial charge < -0.3 is 21.1 Å².